The third-order valence-corrected chi connectivity index (χ3v) is 9.55. The largest absolute Gasteiger partial charge is 0.394 e. The van der Waals surface area contributed by atoms with Crippen molar-refractivity contribution in [1.82, 2.24) is 10.2 Å². The van der Waals surface area contributed by atoms with Gasteiger partial charge in [0.1, 0.15) is 6.04 Å². The van der Waals surface area contributed by atoms with Gasteiger partial charge < -0.3 is 20.6 Å². The van der Waals surface area contributed by atoms with E-state index in [1.165, 1.54) is 0 Å². The SMILES string of the molecule is CCCNC(=O)[C@@H]1[C@H]2C(=O)N([C@H](C)CO)C(C(=O)Nc3ccc4ccccc4c3)C23CC[C@H]1S3. The lowest BCUT2D eigenvalue weighted by molar-refractivity contribution is -0.141. The molecule has 3 aliphatic heterocycles. The van der Waals surface area contributed by atoms with Gasteiger partial charge >= 0.3 is 0 Å². The Labute approximate surface area is 203 Å². The van der Waals surface area contributed by atoms with Crippen LogP contribution in [-0.4, -0.2) is 63.0 Å². The van der Waals surface area contributed by atoms with E-state index in [-0.39, 0.29) is 29.6 Å². The van der Waals surface area contributed by atoms with Gasteiger partial charge in [-0.1, -0.05) is 37.3 Å². The van der Waals surface area contributed by atoms with Gasteiger partial charge in [0.15, 0.2) is 0 Å². The van der Waals surface area contributed by atoms with E-state index in [0.717, 1.165) is 23.6 Å². The summed E-state index contributed by atoms with van der Waals surface area (Å²) in [7, 11) is 0. The maximum atomic E-state index is 13.8. The molecule has 3 fully saturated rings. The first-order valence-corrected chi connectivity index (χ1v) is 13.0. The van der Waals surface area contributed by atoms with Gasteiger partial charge in [-0.2, -0.15) is 0 Å². The number of amides is 3. The topological polar surface area (TPSA) is 98.7 Å². The van der Waals surface area contributed by atoms with Crippen molar-refractivity contribution in [2.45, 2.75) is 55.2 Å². The Kier molecular flexibility index (Phi) is 6.06. The maximum absolute atomic E-state index is 13.8. The first kappa shape index (κ1) is 23.2. The molecule has 1 spiro atoms. The Bertz CT molecular complexity index is 1140. The fourth-order valence-electron chi connectivity index (χ4n) is 6.10. The minimum atomic E-state index is -0.738. The minimum absolute atomic E-state index is 0.0355. The second-order valence-corrected chi connectivity index (χ2v) is 11.3. The number of rotatable bonds is 7. The van der Waals surface area contributed by atoms with Crippen LogP contribution in [0.3, 0.4) is 0 Å². The molecule has 0 aromatic heterocycles. The number of nitrogens with zero attached hydrogens (tertiary/aromatic N) is 1. The Morgan fingerprint density at radius 2 is 1.97 bits per heavy atom. The van der Waals surface area contributed by atoms with Gasteiger partial charge in [-0.05, 0) is 49.1 Å². The van der Waals surface area contributed by atoms with Crippen LogP contribution in [0.1, 0.15) is 33.1 Å². The molecule has 2 aromatic rings. The number of likely N-dealkylation sites (tertiary alicyclic amines) is 1. The van der Waals surface area contributed by atoms with Crippen LogP contribution in [0, 0.1) is 11.8 Å². The highest BCUT2D eigenvalue weighted by Gasteiger charge is 2.74. The average Bonchev–Trinajstić information content (AvgIpc) is 3.49. The van der Waals surface area contributed by atoms with E-state index in [9.17, 15) is 19.5 Å². The molecular formula is C26H31N3O4S. The summed E-state index contributed by atoms with van der Waals surface area (Å²) in [5.74, 6) is -1.52. The van der Waals surface area contributed by atoms with Gasteiger partial charge in [0.05, 0.1) is 29.2 Å². The fourth-order valence-corrected chi connectivity index (χ4v) is 8.30. The first-order valence-electron chi connectivity index (χ1n) is 12.1. The monoisotopic (exact) mass is 481 g/mol. The van der Waals surface area contributed by atoms with Crippen LogP contribution in [0.25, 0.3) is 10.8 Å². The average molecular weight is 482 g/mol. The zero-order chi connectivity index (χ0) is 24.0. The molecule has 3 N–H and O–H groups in total. The summed E-state index contributed by atoms with van der Waals surface area (Å²) in [4.78, 5) is 42.2. The van der Waals surface area contributed by atoms with E-state index >= 15 is 0 Å². The van der Waals surface area contributed by atoms with Crippen LogP contribution < -0.4 is 10.6 Å². The second-order valence-electron chi connectivity index (χ2n) is 9.68. The molecule has 180 valence electrons. The van der Waals surface area contributed by atoms with E-state index < -0.39 is 28.7 Å². The Balaban J connectivity index is 1.48. The molecule has 2 bridgehead atoms. The standard InChI is InChI=1S/C26H31N3O4S/c1-3-12-27-23(31)20-19-10-11-26(34-19)21(20)25(33)29(15(2)14-30)22(26)24(32)28-18-9-8-16-6-4-5-7-17(16)13-18/h4-9,13,15,19-22,30H,3,10-12,14H2,1-2H3,(H,27,31)(H,28,32)/t15-,19-,20+,21+,22?,26?/m1/s1. The third kappa shape index (κ3) is 3.50. The highest BCUT2D eigenvalue weighted by molar-refractivity contribution is 8.02. The zero-order valence-electron chi connectivity index (χ0n) is 19.5. The van der Waals surface area contributed by atoms with E-state index in [4.69, 9.17) is 0 Å². The molecule has 2 aromatic carbocycles. The summed E-state index contributed by atoms with van der Waals surface area (Å²) in [6, 6.07) is 12.4. The predicted octanol–water partition coefficient (Wildman–Crippen LogP) is 2.78. The van der Waals surface area contributed by atoms with Gasteiger partial charge in [-0.25, -0.2) is 0 Å². The van der Waals surface area contributed by atoms with Crippen LogP contribution in [0.4, 0.5) is 5.69 Å². The summed E-state index contributed by atoms with van der Waals surface area (Å²) in [6.45, 7) is 4.09. The number of hydrogen-bond acceptors (Lipinski definition) is 5. The number of benzene rings is 2. The first-order chi connectivity index (χ1) is 16.4. The molecule has 34 heavy (non-hydrogen) atoms. The van der Waals surface area contributed by atoms with Crippen LogP contribution in [0.15, 0.2) is 42.5 Å². The quantitative estimate of drug-likeness (QED) is 0.565. The van der Waals surface area contributed by atoms with Crippen LogP contribution in [0.5, 0.6) is 0 Å². The van der Waals surface area contributed by atoms with Gasteiger partial charge in [0.2, 0.25) is 17.7 Å². The van der Waals surface area contributed by atoms with Crippen molar-refractivity contribution < 1.29 is 19.5 Å². The Hall–Kier alpha value is -2.58. The minimum Gasteiger partial charge on any atom is -0.394 e. The highest BCUT2D eigenvalue weighted by atomic mass is 32.2. The van der Waals surface area contributed by atoms with Crippen molar-refractivity contribution in [3.05, 3.63) is 42.5 Å². The molecule has 8 heteroatoms. The molecule has 5 rings (SSSR count). The molecule has 3 amide bonds. The lowest BCUT2D eigenvalue weighted by Gasteiger charge is -2.36. The molecule has 7 nitrogen and oxygen atoms in total. The van der Waals surface area contributed by atoms with Gasteiger partial charge in [0.25, 0.3) is 0 Å². The number of aliphatic hydroxyl groups is 1. The fraction of sp³-hybridized carbons (Fsp3) is 0.500. The predicted molar refractivity (Wildman–Crippen MR) is 133 cm³/mol. The zero-order valence-corrected chi connectivity index (χ0v) is 20.3. The molecule has 3 aliphatic rings. The number of hydrogen-bond donors (Lipinski definition) is 3. The number of carbonyl (C=O) groups excluding carboxylic acids is 3. The summed E-state index contributed by atoms with van der Waals surface area (Å²) in [5.41, 5.74) is 0.669. The summed E-state index contributed by atoms with van der Waals surface area (Å²) < 4.78 is -0.652. The second kappa shape index (κ2) is 8.89. The van der Waals surface area contributed by atoms with Gasteiger partial charge in [0, 0.05) is 17.5 Å². The number of thioether (sulfide) groups is 1. The maximum Gasteiger partial charge on any atom is 0.248 e. The van der Waals surface area contributed by atoms with Gasteiger partial charge in [-0.15, -0.1) is 11.8 Å². The van der Waals surface area contributed by atoms with Crippen molar-refractivity contribution in [3.63, 3.8) is 0 Å². The Morgan fingerprint density at radius 1 is 1.21 bits per heavy atom. The van der Waals surface area contributed by atoms with Crippen LogP contribution >= 0.6 is 11.8 Å². The molecule has 6 atom stereocenters. The normalized spacial score (nSPS) is 30.4. The molecule has 0 aliphatic carbocycles. The third-order valence-electron chi connectivity index (χ3n) is 7.59. The number of anilines is 1. The van der Waals surface area contributed by atoms with E-state index in [0.29, 0.717) is 18.7 Å². The van der Waals surface area contributed by atoms with Crippen molar-refractivity contribution >= 4 is 45.9 Å². The van der Waals surface area contributed by atoms with E-state index in [1.807, 2.05) is 49.4 Å². The van der Waals surface area contributed by atoms with E-state index in [2.05, 4.69) is 10.6 Å². The molecule has 2 unspecified atom stereocenters. The summed E-state index contributed by atoms with van der Waals surface area (Å²) in [6.07, 6.45) is 2.34. The number of fused-ring (bicyclic) bond motifs is 2. The van der Waals surface area contributed by atoms with Crippen LogP contribution in [-0.2, 0) is 14.4 Å². The molecular weight excluding hydrogens is 450 g/mol. The Morgan fingerprint density at radius 3 is 2.71 bits per heavy atom. The number of aliphatic hydroxyl groups excluding tert-OH is 1. The lowest BCUT2D eigenvalue weighted by Crippen LogP contribution is -2.54. The lowest BCUT2D eigenvalue weighted by atomic mass is 9.70. The molecule has 0 radical (unpaired) electrons. The van der Waals surface area contributed by atoms with Crippen molar-refractivity contribution in [2.24, 2.45) is 11.8 Å². The van der Waals surface area contributed by atoms with E-state index in [1.54, 1.807) is 23.6 Å². The molecule has 3 heterocycles. The van der Waals surface area contributed by atoms with Crippen molar-refractivity contribution in [1.29, 1.82) is 0 Å². The summed E-state index contributed by atoms with van der Waals surface area (Å²) >= 11 is 1.64. The summed E-state index contributed by atoms with van der Waals surface area (Å²) in [5, 5.41) is 18.1. The number of nitrogens with one attached hydrogen (secondary N) is 2. The smallest absolute Gasteiger partial charge is 0.248 e. The van der Waals surface area contributed by atoms with Gasteiger partial charge in [-0.3, -0.25) is 14.4 Å². The molecule has 3 saturated heterocycles. The van der Waals surface area contributed by atoms with Crippen molar-refractivity contribution in [3.8, 4) is 0 Å². The van der Waals surface area contributed by atoms with Crippen molar-refractivity contribution in [2.75, 3.05) is 18.5 Å². The van der Waals surface area contributed by atoms with Crippen LogP contribution in [0.2, 0.25) is 0 Å². The molecule has 0 saturated carbocycles. The number of carbonyl (C=O) groups is 3. The highest BCUT2D eigenvalue weighted by Crippen LogP contribution is 2.66.